The van der Waals surface area contributed by atoms with Crippen LogP contribution >= 0.6 is 0 Å². The molecule has 1 aromatic carbocycles. The summed E-state index contributed by atoms with van der Waals surface area (Å²) < 4.78 is 47.1. The SMILES string of the molecule is CC(C)(C)COc1cc2c(c(F)n1)Oc1ccc(-c3cccnc3F)cc1C21COCC(N)=N1. The number of fused-ring (bicyclic) bond motifs is 4. The first-order valence-corrected chi connectivity index (χ1v) is 10.9. The Labute approximate surface area is 195 Å². The molecule has 176 valence electrons. The topological polar surface area (TPSA) is 91.8 Å². The minimum Gasteiger partial charge on any atom is -0.477 e. The van der Waals surface area contributed by atoms with Crippen LogP contribution < -0.4 is 15.2 Å². The van der Waals surface area contributed by atoms with Gasteiger partial charge >= 0.3 is 0 Å². The lowest BCUT2D eigenvalue weighted by Crippen LogP contribution is -2.42. The van der Waals surface area contributed by atoms with E-state index in [2.05, 4.69) is 9.97 Å². The molecule has 0 bridgehead atoms. The van der Waals surface area contributed by atoms with Crippen molar-refractivity contribution in [1.82, 2.24) is 9.97 Å². The number of amidine groups is 1. The van der Waals surface area contributed by atoms with Crippen molar-refractivity contribution in [1.29, 1.82) is 0 Å². The molecule has 34 heavy (non-hydrogen) atoms. The Bertz CT molecular complexity index is 1310. The summed E-state index contributed by atoms with van der Waals surface area (Å²) in [4.78, 5) is 12.4. The Morgan fingerprint density at radius 2 is 1.94 bits per heavy atom. The van der Waals surface area contributed by atoms with Gasteiger partial charge in [-0.15, -0.1) is 0 Å². The summed E-state index contributed by atoms with van der Waals surface area (Å²) in [6.45, 7) is 6.56. The van der Waals surface area contributed by atoms with E-state index in [9.17, 15) is 4.39 Å². The predicted molar refractivity (Wildman–Crippen MR) is 122 cm³/mol. The zero-order valence-corrected chi connectivity index (χ0v) is 19.1. The van der Waals surface area contributed by atoms with Gasteiger partial charge in [-0.25, -0.2) is 4.98 Å². The van der Waals surface area contributed by atoms with E-state index in [0.29, 0.717) is 34.6 Å². The molecule has 0 saturated heterocycles. The van der Waals surface area contributed by atoms with Crippen molar-refractivity contribution in [3.63, 3.8) is 0 Å². The summed E-state index contributed by atoms with van der Waals surface area (Å²) >= 11 is 0. The minimum atomic E-state index is -1.22. The van der Waals surface area contributed by atoms with E-state index in [0.717, 1.165) is 0 Å². The van der Waals surface area contributed by atoms with Crippen molar-refractivity contribution in [2.24, 2.45) is 16.1 Å². The third-order valence-electron chi connectivity index (χ3n) is 5.61. The molecule has 1 unspecified atom stereocenters. The summed E-state index contributed by atoms with van der Waals surface area (Å²) in [6.07, 6.45) is 1.38. The molecule has 0 fully saturated rings. The van der Waals surface area contributed by atoms with Gasteiger partial charge in [0, 0.05) is 29.0 Å². The van der Waals surface area contributed by atoms with Crippen LogP contribution in [0.4, 0.5) is 8.78 Å². The number of aliphatic imine (C=N–C) groups is 1. The van der Waals surface area contributed by atoms with Crippen LogP contribution in [0.15, 0.2) is 47.6 Å². The maximum atomic E-state index is 15.2. The van der Waals surface area contributed by atoms with E-state index in [1.165, 1.54) is 6.20 Å². The molecule has 4 heterocycles. The second-order valence-electron chi connectivity index (χ2n) is 9.59. The molecular formula is C25H24F2N4O3. The van der Waals surface area contributed by atoms with E-state index in [1.54, 1.807) is 36.4 Å². The van der Waals surface area contributed by atoms with Crippen LogP contribution in [-0.4, -0.2) is 35.6 Å². The fourth-order valence-electron chi connectivity index (χ4n) is 4.10. The van der Waals surface area contributed by atoms with Gasteiger partial charge in [-0.3, -0.25) is 4.99 Å². The highest BCUT2D eigenvalue weighted by Crippen LogP contribution is 2.52. The van der Waals surface area contributed by atoms with Gasteiger partial charge in [0.15, 0.2) is 5.75 Å². The number of hydrogen-bond donors (Lipinski definition) is 1. The summed E-state index contributed by atoms with van der Waals surface area (Å²) in [6, 6.07) is 9.96. The molecule has 2 aliphatic rings. The molecule has 0 aliphatic carbocycles. The number of hydrogen-bond acceptors (Lipinski definition) is 7. The first-order chi connectivity index (χ1) is 16.2. The lowest BCUT2D eigenvalue weighted by atomic mass is 9.80. The minimum absolute atomic E-state index is 0.0713. The number of nitrogens with two attached hydrogens (primary N) is 1. The Morgan fingerprint density at radius 1 is 1.12 bits per heavy atom. The van der Waals surface area contributed by atoms with Gasteiger partial charge in [0.1, 0.15) is 23.7 Å². The van der Waals surface area contributed by atoms with E-state index in [4.69, 9.17) is 24.9 Å². The quantitative estimate of drug-likeness (QED) is 0.568. The summed E-state index contributed by atoms with van der Waals surface area (Å²) in [5.74, 6) is -0.800. The average molecular weight is 466 g/mol. The standard InChI is InChI=1S/C25H24F2N4O3/c1-24(2,3)12-33-20-10-17-21(23(27)30-20)34-18-7-6-14(15-5-4-8-29-22(15)26)9-16(18)25(17)13-32-11-19(28)31-25/h4-10H,11-13H2,1-3H3,(H2,28,31). The molecular weight excluding hydrogens is 442 g/mol. The predicted octanol–water partition coefficient (Wildman–Crippen LogP) is 4.58. The van der Waals surface area contributed by atoms with Gasteiger partial charge in [0.25, 0.3) is 5.95 Å². The van der Waals surface area contributed by atoms with Gasteiger partial charge in [-0.2, -0.15) is 13.8 Å². The maximum Gasteiger partial charge on any atom is 0.259 e. The highest BCUT2D eigenvalue weighted by molar-refractivity contribution is 5.84. The lowest BCUT2D eigenvalue weighted by molar-refractivity contribution is 0.108. The Kier molecular flexibility index (Phi) is 5.24. The molecule has 0 radical (unpaired) electrons. The number of ether oxygens (including phenoxy) is 3. The second-order valence-corrected chi connectivity index (χ2v) is 9.59. The van der Waals surface area contributed by atoms with Crippen molar-refractivity contribution in [2.75, 3.05) is 19.8 Å². The van der Waals surface area contributed by atoms with Gasteiger partial charge in [0.05, 0.1) is 13.2 Å². The van der Waals surface area contributed by atoms with E-state index in [-0.39, 0.29) is 36.1 Å². The van der Waals surface area contributed by atoms with Crippen LogP contribution in [0, 0.1) is 17.3 Å². The fraction of sp³-hybridized carbons (Fsp3) is 0.320. The zero-order valence-electron chi connectivity index (χ0n) is 19.1. The van der Waals surface area contributed by atoms with Gasteiger partial charge in [-0.1, -0.05) is 26.8 Å². The highest BCUT2D eigenvalue weighted by atomic mass is 19.1. The van der Waals surface area contributed by atoms with E-state index >= 15 is 4.39 Å². The van der Waals surface area contributed by atoms with Crippen LogP contribution in [0.25, 0.3) is 11.1 Å². The van der Waals surface area contributed by atoms with Crippen LogP contribution in [0.3, 0.4) is 0 Å². The second kappa shape index (κ2) is 8.02. The van der Waals surface area contributed by atoms with Crippen molar-refractivity contribution in [2.45, 2.75) is 26.3 Å². The zero-order chi connectivity index (χ0) is 24.1. The molecule has 1 spiro atoms. The normalized spacial score (nSPS) is 19.1. The van der Waals surface area contributed by atoms with Crippen molar-refractivity contribution in [3.8, 4) is 28.5 Å². The van der Waals surface area contributed by atoms with Gasteiger partial charge in [0.2, 0.25) is 11.8 Å². The third kappa shape index (κ3) is 3.86. The first-order valence-electron chi connectivity index (χ1n) is 10.9. The van der Waals surface area contributed by atoms with Gasteiger partial charge < -0.3 is 19.9 Å². The Balaban J connectivity index is 1.70. The number of nitrogens with zero attached hydrogens (tertiary/aromatic N) is 3. The van der Waals surface area contributed by atoms with Gasteiger partial charge in [-0.05, 0) is 35.2 Å². The number of aromatic nitrogens is 2. The lowest BCUT2D eigenvalue weighted by Gasteiger charge is -2.39. The van der Waals surface area contributed by atoms with E-state index in [1.807, 2.05) is 20.8 Å². The number of benzene rings is 1. The molecule has 7 nitrogen and oxygen atoms in total. The third-order valence-corrected chi connectivity index (χ3v) is 5.61. The monoisotopic (exact) mass is 466 g/mol. The maximum absolute atomic E-state index is 15.2. The largest absolute Gasteiger partial charge is 0.477 e. The Morgan fingerprint density at radius 3 is 2.68 bits per heavy atom. The molecule has 2 N–H and O–H groups in total. The van der Waals surface area contributed by atoms with Crippen molar-refractivity contribution >= 4 is 5.84 Å². The highest BCUT2D eigenvalue weighted by Gasteiger charge is 2.46. The number of rotatable bonds is 3. The summed E-state index contributed by atoms with van der Waals surface area (Å²) in [7, 11) is 0. The number of pyridine rings is 2. The molecule has 5 rings (SSSR count). The van der Waals surface area contributed by atoms with Crippen molar-refractivity contribution in [3.05, 3.63) is 65.6 Å². The smallest absolute Gasteiger partial charge is 0.259 e. The molecule has 0 amide bonds. The first kappa shape index (κ1) is 22.2. The number of halogens is 2. The van der Waals surface area contributed by atoms with Crippen LogP contribution in [0.1, 0.15) is 31.9 Å². The average Bonchev–Trinajstić information content (AvgIpc) is 2.78. The molecule has 2 aromatic heterocycles. The van der Waals surface area contributed by atoms with Crippen molar-refractivity contribution < 1.29 is 23.0 Å². The fourth-order valence-corrected chi connectivity index (χ4v) is 4.10. The van der Waals surface area contributed by atoms with Crippen LogP contribution in [0.5, 0.6) is 17.4 Å². The van der Waals surface area contributed by atoms with Crippen LogP contribution in [0.2, 0.25) is 0 Å². The van der Waals surface area contributed by atoms with E-state index < -0.39 is 17.4 Å². The van der Waals surface area contributed by atoms with Crippen LogP contribution in [-0.2, 0) is 10.3 Å². The summed E-state index contributed by atoms with van der Waals surface area (Å²) in [5.41, 5.74) is 6.54. The molecule has 3 aromatic rings. The molecule has 9 heteroatoms. The molecule has 2 aliphatic heterocycles. The Hall–Kier alpha value is -3.59. The summed E-state index contributed by atoms with van der Waals surface area (Å²) in [5, 5.41) is 0. The molecule has 1 atom stereocenters. The molecule has 0 saturated carbocycles.